The van der Waals surface area contributed by atoms with Crippen LogP contribution in [0, 0.1) is 0 Å². The number of para-hydroxylation sites is 1. The van der Waals surface area contributed by atoms with Crippen molar-refractivity contribution in [1.82, 2.24) is 4.90 Å². The van der Waals surface area contributed by atoms with Crippen molar-refractivity contribution in [2.24, 2.45) is 5.73 Å². The first-order valence-corrected chi connectivity index (χ1v) is 10.3. The first kappa shape index (κ1) is 21.5. The summed E-state index contributed by atoms with van der Waals surface area (Å²) < 4.78 is 0. The van der Waals surface area contributed by atoms with E-state index >= 15 is 0 Å². The monoisotopic (exact) mass is 427 g/mol. The average molecular weight is 428 g/mol. The number of benzene rings is 3. The molecule has 2 N–H and O–H groups in total. The molecule has 0 aromatic heterocycles. The van der Waals surface area contributed by atoms with Gasteiger partial charge in [0.15, 0.2) is 0 Å². The lowest BCUT2D eigenvalue weighted by molar-refractivity contribution is 0.0753. The van der Waals surface area contributed by atoms with E-state index in [0.717, 1.165) is 40.7 Å². The summed E-state index contributed by atoms with van der Waals surface area (Å²) in [6.07, 6.45) is 0. The summed E-state index contributed by atoms with van der Waals surface area (Å²) in [6, 6.07) is 22.3. The summed E-state index contributed by atoms with van der Waals surface area (Å²) in [5.41, 5.74) is 9.23. The summed E-state index contributed by atoms with van der Waals surface area (Å²) in [7, 11) is 0. The fourth-order valence-corrected chi connectivity index (χ4v) is 4.00. The van der Waals surface area contributed by atoms with Gasteiger partial charge in [-0.3, -0.25) is 4.79 Å². The fraction of sp³-hybridized carbons (Fsp3) is 0.261. The zero-order chi connectivity index (χ0) is 19.5. The first-order chi connectivity index (χ1) is 13.7. The number of anilines is 1. The van der Waals surface area contributed by atoms with Crippen LogP contribution >= 0.6 is 25.0 Å². The van der Waals surface area contributed by atoms with Crippen molar-refractivity contribution in [1.29, 1.82) is 0 Å². The Morgan fingerprint density at radius 2 is 1.72 bits per heavy atom. The van der Waals surface area contributed by atoms with Crippen molar-refractivity contribution >= 4 is 47.4 Å². The number of fused-ring (bicyclic) bond motifs is 2. The van der Waals surface area contributed by atoms with Gasteiger partial charge in [0.2, 0.25) is 0 Å². The van der Waals surface area contributed by atoms with Gasteiger partial charge in [0.25, 0.3) is 5.91 Å². The van der Waals surface area contributed by atoms with Crippen molar-refractivity contribution < 1.29 is 4.79 Å². The van der Waals surface area contributed by atoms with Crippen LogP contribution in [0.5, 0.6) is 0 Å². The van der Waals surface area contributed by atoms with Crippen LogP contribution < -0.4 is 10.6 Å². The zero-order valence-electron chi connectivity index (χ0n) is 16.2. The van der Waals surface area contributed by atoms with Crippen LogP contribution in [0.3, 0.4) is 0 Å². The molecule has 0 aliphatic carbocycles. The smallest absolute Gasteiger partial charge is 0.254 e. The molecular formula is C23H26ClN3OS. The topological polar surface area (TPSA) is 49.6 Å². The number of thiol groups is 1. The van der Waals surface area contributed by atoms with Crippen LogP contribution in [-0.4, -0.2) is 42.2 Å². The van der Waals surface area contributed by atoms with Gasteiger partial charge < -0.3 is 15.5 Å². The van der Waals surface area contributed by atoms with E-state index in [1.807, 2.05) is 59.5 Å². The fourth-order valence-electron chi connectivity index (χ4n) is 3.89. The molecule has 1 amide bonds. The molecule has 6 heteroatoms. The Labute approximate surface area is 183 Å². The number of halogens is 1. The van der Waals surface area contributed by atoms with Crippen molar-refractivity contribution in [3.8, 4) is 0 Å². The van der Waals surface area contributed by atoms with Crippen molar-refractivity contribution in [3.05, 3.63) is 77.9 Å². The highest BCUT2D eigenvalue weighted by Crippen LogP contribution is 2.27. The molecule has 0 bridgehead atoms. The van der Waals surface area contributed by atoms with E-state index in [4.69, 9.17) is 5.73 Å². The van der Waals surface area contributed by atoms with Gasteiger partial charge >= 0.3 is 0 Å². The van der Waals surface area contributed by atoms with Crippen molar-refractivity contribution in [3.63, 3.8) is 0 Å². The maximum Gasteiger partial charge on any atom is 0.254 e. The molecule has 1 aliphatic rings. The molecule has 0 fully saturated rings. The zero-order valence-corrected chi connectivity index (χ0v) is 17.9. The highest BCUT2D eigenvalue weighted by molar-refractivity contribution is 7.80. The van der Waals surface area contributed by atoms with Gasteiger partial charge in [-0.15, -0.1) is 12.4 Å². The summed E-state index contributed by atoms with van der Waals surface area (Å²) in [5.74, 6) is 0.712. The molecule has 1 aliphatic heterocycles. The molecule has 1 atom stereocenters. The largest absolute Gasteiger partial charge is 0.368 e. The number of rotatable bonds is 4. The van der Waals surface area contributed by atoms with E-state index in [9.17, 15) is 4.79 Å². The number of hydrogen-bond donors (Lipinski definition) is 2. The SMILES string of the molecule is Cl.NC(CS)CN1CCN(C(=O)c2cccc3ccccc23)Cc2ccccc21. The minimum absolute atomic E-state index is 0. The van der Waals surface area contributed by atoms with E-state index in [2.05, 4.69) is 29.7 Å². The molecule has 3 aromatic carbocycles. The van der Waals surface area contributed by atoms with Crippen LogP contribution in [0.4, 0.5) is 5.69 Å². The molecule has 0 saturated carbocycles. The maximum atomic E-state index is 13.4. The Bertz CT molecular complexity index is 991. The molecule has 29 heavy (non-hydrogen) atoms. The maximum absolute atomic E-state index is 13.4. The summed E-state index contributed by atoms with van der Waals surface area (Å²) in [4.78, 5) is 17.7. The Morgan fingerprint density at radius 3 is 2.55 bits per heavy atom. The van der Waals surface area contributed by atoms with Gasteiger partial charge in [-0.1, -0.05) is 54.6 Å². The second kappa shape index (κ2) is 9.53. The van der Waals surface area contributed by atoms with E-state index in [0.29, 0.717) is 18.8 Å². The molecule has 1 heterocycles. The van der Waals surface area contributed by atoms with Gasteiger partial charge in [-0.05, 0) is 28.5 Å². The summed E-state index contributed by atoms with van der Waals surface area (Å²) in [5, 5.41) is 2.09. The second-order valence-electron chi connectivity index (χ2n) is 7.27. The Morgan fingerprint density at radius 1 is 1.00 bits per heavy atom. The van der Waals surface area contributed by atoms with Gasteiger partial charge in [0.1, 0.15) is 0 Å². The van der Waals surface area contributed by atoms with Crippen LogP contribution in [0.2, 0.25) is 0 Å². The summed E-state index contributed by atoms with van der Waals surface area (Å²) >= 11 is 4.33. The van der Waals surface area contributed by atoms with Gasteiger partial charge in [-0.25, -0.2) is 0 Å². The molecule has 3 aromatic rings. The third-order valence-corrected chi connectivity index (χ3v) is 5.80. The number of nitrogens with two attached hydrogens (primary N) is 1. The van der Waals surface area contributed by atoms with E-state index < -0.39 is 0 Å². The molecule has 4 nitrogen and oxygen atoms in total. The third kappa shape index (κ3) is 4.53. The van der Waals surface area contributed by atoms with Gasteiger partial charge in [0.05, 0.1) is 0 Å². The number of nitrogens with zero attached hydrogens (tertiary/aromatic N) is 2. The molecule has 0 saturated heterocycles. The highest BCUT2D eigenvalue weighted by atomic mass is 35.5. The quantitative estimate of drug-likeness (QED) is 0.619. The Hall–Kier alpha value is -2.21. The lowest BCUT2D eigenvalue weighted by Gasteiger charge is -2.27. The van der Waals surface area contributed by atoms with Gasteiger partial charge in [0, 0.05) is 49.2 Å². The number of carbonyl (C=O) groups excluding carboxylic acids is 1. The molecule has 1 unspecified atom stereocenters. The molecule has 0 spiro atoms. The number of amides is 1. The Balaban J connectivity index is 0.00000240. The van der Waals surface area contributed by atoms with Gasteiger partial charge in [-0.2, -0.15) is 12.6 Å². The number of hydrogen-bond acceptors (Lipinski definition) is 4. The molecule has 0 radical (unpaired) electrons. The molecular weight excluding hydrogens is 402 g/mol. The van der Waals surface area contributed by atoms with Crippen LogP contribution in [0.15, 0.2) is 66.7 Å². The van der Waals surface area contributed by atoms with Crippen LogP contribution in [0.1, 0.15) is 15.9 Å². The molecule has 152 valence electrons. The first-order valence-electron chi connectivity index (χ1n) is 9.63. The minimum atomic E-state index is -0.00305. The highest BCUT2D eigenvalue weighted by Gasteiger charge is 2.25. The lowest BCUT2D eigenvalue weighted by Crippen LogP contribution is -2.41. The number of carbonyl (C=O) groups is 1. The van der Waals surface area contributed by atoms with E-state index in [-0.39, 0.29) is 24.4 Å². The van der Waals surface area contributed by atoms with Crippen LogP contribution in [0.25, 0.3) is 10.8 Å². The predicted octanol–water partition coefficient (Wildman–Crippen LogP) is 3.98. The van der Waals surface area contributed by atoms with Crippen molar-refractivity contribution in [2.45, 2.75) is 12.6 Å². The lowest BCUT2D eigenvalue weighted by atomic mass is 10.0. The van der Waals surface area contributed by atoms with E-state index in [1.165, 1.54) is 0 Å². The minimum Gasteiger partial charge on any atom is -0.368 e. The van der Waals surface area contributed by atoms with Crippen LogP contribution in [-0.2, 0) is 6.54 Å². The standard InChI is InChI=1S/C23H25N3OS.ClH/c24-19(16-28)15-25-12-13-26(14-18-7-2-4-11-22(18)25)23(27)21-10-5-8-17-6-1-3-9-20(17)21;/h1-11,19,28H,12-16,24H2;1H. The average Bonchev–Trinajstić information content (AvgIpc) is 2.92. The van der Waals surface area contributed by atoms with E-state index in [1.54, 1.807) is 0 Å². The van der Waals surface area contributed by atoms with Crippen molar-refractivity contribution in [2.75, 3.05) is 30.3 Å². The normalized spacial score (nSPS) is 14.7. The third-order valence-electron chi connectivity index (χ3n) is 5.33. The second-order valence-corrected chi connectivity index (χ2v) is 7.64. The molecule has 4 rings (SSSR count). The summed E-state index contributed by atoms with van der Waals surface area (Å²) in [6.45, 7) is 2.76. The Kier molecular flexibility index (Phi) is 7.06. The predicted molar refractivity (Wildman–Crippen MR) is 126 cm³/mol.